The number of rotatable bonds is 4. The molecule has 0 atom stereocenters. The Kier molecular flexibility index (Phi) is 4.68. The molecule has 1 aromatic heterocycles. The number of hydrogen-bond donors (Lipinski definition) is 1. The second-order valence-electron chi connectivity index (χ2n) is 6.26. The summed E-state index contributed by atoms with van der Waals surface area (Å²) in [6.45, 7) is 0. The summed E-state index contributed by atoms with van der Waals surface area (Å²) in [4.78, 5) is 13.2. The number of ether oxygens (including phenoxy) is 1. The summed E-state index contributed by atoms with van der Waals surface area (Å²) in [6, 6.07) is 21.8. The molecule has 0 saturated heterocycles. The largest absolute Gasteiger partial charge is 0.504 e. The van der Waals surface area contributed by atoms with Crippen LogP contribution in [0.5, 0.6) is 11.5 Å². The number of methoxy groups -OCH3 is 1. The summed E-state index contributed by atoms with van der Waals surface area (Å²) >= 11 is 0. The Balaban J connectivity index is 1.92. The molecule has 4 aromatic rings. The summed E-state index contributed by atoms with van der Waals surface area (Å²) in [5, 5.41) is 10.8. The molecule has 0 radical (unpaired) electrons. The monoisotopic (exact) mass is 370 g/mol. The number of hydrogen-bond acceptors (Lipinski definition) is 4. The van der Waals surface area contributed by atoms with Crippen LogP contribution in [0.1, 0.15) is 11.3 Å². The second kappa shape index (κ2) is 7.45. The van der Waals surface area contributed by atoms with Gasteiger partial charge in [0.15, 0.2) is 11.5 Å². The van der Waals surface area contributed by atoms with Crippen LogP contribution in [0.15, 0.2) is 82.0 Å². The van der Waals surface area contributed by atoms with Gasteiger partial charge in [0.25, 0.3) is 0 Å². The van der Waals surface area contributed by atoms with Gasteiger partial charge in [0.2, 0.25) is 5.43 Å². The zero-order valence-electron chi connectivity index (χ0n) is 15.3. The van der Waals surface area contributed by atoms with Gasteiger partial charge >= 0.3 is 0 Å². The van der Waals surface area contributed by atoms with Gasteiger partial charge in [-0.25, -0.2) is 0 Å². The lowest BCUT2D eigenvalue weighted by atomic mass is 10.0. The number of benzene rings is 3. The molecule has 28 heavy (non-hydrogen) atoms. The van der Waals surface area contributed by atoms with E-state index in [0.717, 1.165) is 5.56 Å². The molecule has 1 heterocycles. The molecular weight excluding hydrogens is 352 g/mol. The normalized spacial score (nSPS) is 11.2. The van der Waals surface area contributed by atoms with Gasteiger partial charge in [-0.3, -0.25) is 4.79 Å². The van der Waals surface area contributed by atoms with Gasteiger partial charge in [-0.05, 0) is 35.9 Å². The highest BCUT2D eigenvalue weighted by atomic mass is 16.5. The minimum atomic E-state index is -0.0948. The Morgan fingerprint density at radius 2 is 1.64 bits per heavy atom. The van der Waals surface area contributed by atoms with Gasteiger partial charge in [-0.15, -0.1) is 0 Å². The summed E-state index contributed by atoms with van der Waals surface area (Å²) in [6.07, 6.45) is 3.40. The lowest BCUT2D eigenvalue weighted by molar-refractivity contribution is 0.373. The maximum atomic E-state index is 13.2. The summed E-state index contributed by atoms with van der Waals surface area (Å²) in [5.74, 6) is 0.841. The van der Waals surface area contributed by atoms with E-state index in [-0.39, 0.29) is 11.2 Å². The summed E-state index contributed by atoms with van der Waals surface area (Å²) in [5.41, 5.74) is 2.24. The fraction of sp³-hybridized carbons (Fsp3) is 0.0417. The molecule has 4 heteroatoms. The highest BCUT2D eigenvalue weighted by Crippen LogP contribution is 2.32. The van der Waals surface area contributed by atoms with E-state index in [1.54, 1.807) is 42.5 Å². The summed E-state index contributed by atoms with van der Waals surface area (Å²) < 4.78 is 11.2. The Bertz CT molecular complexity index is 1220. The van der Waals surface area contributed by atoms with Gasteiger partial charge in [-0.1, -0.05) is 54.6 Å². The summed E-state index contributed by atoms with van der Waals surface area (Å²) in [7, 11) is 1.50. The molecule has 0 aliphatic heterocycles. The van der Waals surface area contributed by atoms with Crippen LogP contribution in [0.25, 0.3) is 34.2 Å². The molecule has 4 nitrogen and oxygen atoms in total. The van der Waals surface area contributed by atoms with Crippen LogP contribution in [0.3, 0.4) is 0 Å². The predicted molar refractivity (Wildman–Crippen MR) is 112 cm³/mol. The number of phenolic OH excluding ortho intramolecular Hbond substituents is 1. The molecule has 3 aromatic carbocycles. The van der Waals surface area contributed by atoms with Crippen LogP contribution in [-0.2, 0) is 0 Å². The maximum absolute atomic E-state index is 13.2. The van der Waals surface area contributed by atoms with Crippen LogP contribution in [0.4, 0.5) is 0 Å². The molecule has 0 saturated carbocycles. The lowest BCUT2D eigenvalue weighted by Crippen LogP contribution is -2.07. The van der Waals surface area contributed by atoms with E-state index in [9.17, 15) is 9.90 Å². The smallest absolute Gasteiger partial charge is 0.201 e. The van der Waals surface area contributed by atoms with E-state index in [2.05, 4.69) is 0 Å². The van der Waals surface area contributed by atoms with Crippen molar-refractivity contribution in [3.8, 4) is 22.6 Å². The Morgan fingerprint density at radius 1 is 0.893 bits per heavy atom. The predicted octanol–water partition coefficient (Wildman–Crippen LogP) is 5.34. The van der Waals surface area contributed by atoms with Crippen molar-refractivity contribution < 1.29 is 14.3 Å². The Labute approximate surface area is 162 Å². The molecule has 0 aliphatic carbocycles. The molecule has 4 rings (SSSR count). The Hall–Kier alpha value is -3.79. The van der Waals surface area contributed by atoms with Crippen molar-refractivity contribution in [2.45, 2.75) is 0 Å². The van der Waals surface area contributed by atoms with E-state index in [0.29, 0.717) is 33.6 Å². The molecule has 0 aliphatic rings. The topological polar surface area (TPSA) is 59.7 Å². The zero-order chi connectivity index (χ0) is 19.5. The minimum absolute atomic E-state index is 0.0330. The quantitative estimate of drug-likeness (QED) is 0.526. The molecule has 0 amide bonds. The number of aromatic hydroxyl groups is 1. The van der Waals surface area contributed by atoms with Crippen LogP contribution in [0, 0.1) is 0 Å². The van der Waals surface area contributed by atoms with Crippen LogP contribution < -0.4 is 10.2 Å². The van der Waals surface area contributed by atoms with E-state index in [4.69, 9.17) is 9.15 Å². The Morgan fingerprint density at radius 3 is 2.43 bits per heavy atom. The molecule has 0 spiro atoms. The first-order chi connectivity index (χ1) is 13.7. The first-order valence-electron chi connectivity index (χ1n) is 8.84. The second-order valence-corrected chi connectivity index (χ2v) is 6.26. The van der Waals surface area contributed by atoms with E-state index in [1.807, 2.05) is 42.5 Å². The van der Waals surface area contributed by atoms with Crippen molar-refractivity contribution in [3.63, 3.8) is 0 Å². The fourth-order valence-corrected chi connectivity index (χ4v) is 3.16. The van der Waals surface area contributed by atoms with E-state index in [1.165, 1.54) is 7.11 Å². The van der Waals surface area contributed by atoms with Gasteiger partial charge in [0, 0.05) is 5.56 Å². The third kappa shape index (κ3) is 3.16. The third-order valence-corrected chi connectivity index (χ3v) is 4.55. The van der Waals surface area contributed by atoms with Crippen molar-refractivity contribution in [1.29, 1.82) is 0 Å². The average Bonchev–Trinajstić information content (AvgIpc) is 2.74. The standard InChI is InChI=1S/C24H18O4/c1-27-21-13-7-10-17(23(21)25)14-15-20-22(16-8-3-2-4-9-16)24(26)18-11-5-6-12-19(18)28-20/h2-15,25H,1H3/b15-14+. The maximum Gasteiger partial charge on any atom is 0.201 e. The van der Waals surface area contributed by atoms with Crippen molar-refractivity contribution in [2.75, 3.05) is 7.11 Å². The molecule has 138 valence electrons. The van der Waals surface area contributed by atoms with Gasteiger partial charge in [-0.2, -0.15) is 0 Å². The first-order valence-corrected chi connectivity index (χ1v) is 8.84. The molecule has 1 N–H and O–H groups in total. The van der Waals surface area contributed by atoms with Crippen LogP contribution in [-0.4, -0.2) is 12.2 Å². The number of fused-ring (bicyclic) bond motifs is 1. The van der Waals surface area contributed by atoms with Crippen molar-refractivity contribution in [2.24, 2.45) is 0 Å². The molecule has 0 unspecified atom stereocenters. The average molecular weight is 370 g/mol. The number of phenols is 1. The highest BCUT2D eigenvalue weighted by Gasteiger charge is 2.14. The van der Waals surface area contributed by atoms with Crippen LogP contribution >= 0.6 is 0 Å². The van der Waals surface area contributed by atoms with E-state index < -0.39 is 0 Å². The van der Waals surface area contributed by atoms with Gasteiger partial charge in [0.05, 0.1) is 18.1 Å². The first kappa shape index (κ1) is 17.6. The van der Waals surface area contributed by atoms with Gasteiger partial charge in [0.1, 0.15) is 11.3 Å². The molecule has 0 bridgehead atoms. The lowest BCUT2D eigenvalue weighted by Gasteiger charge is -2.08. The van der Waals surface area contributed by atoms with Crippen molar-refractivity contribution >= 4 is 23.1 Å². The van der Waals surface area contributed by atoms with Crippen molar-refractivity contribution in [1.82, 2.24) is 0 Å². The van der Waals surface area contributed by atoms with Crippen molar-refractivity contribution in [3.05, 3.63) is 94.3 Å². The number of para-hydroxylation sites is 2. The molecule has 0 fully saturated rings. The zero-order valence-corrected chi connectivity index (χ0v) is 15.3. The highest BCUT2D eigenvalue weighted by molar-refractivity contribution is 5.87. The van der Waals surface area contributed by atoms with Gasteiger partial charge < -0.3 is 14.3 Å². The van der Waals surface area contributed by atoms with E-state index >= 15 is 0 Å². The SMILES string of the molecule is COc1cccc(/C=C/c2oc3ccccc3c(=O)c2-c2ccccc2)c1O. The fourth-order valence-electron chi connectivity index (χ4n) is 3.16. The minimum Gasteiger partial charge on any atom is -0.504 e. The van der Waals surface area contributed by atoms with Crippen LogP contribution in [0.2, 0.25) is 0 Å². The third-order valence-electron chi connectivity index (χ3n) is 4.55. The molecular formula is C24H18O4.